The molecule has 0 aliphatic heterocycles. The standard InChI is InChI=1S/C13H14BrFN2O3/c14-8-2-4-11(10(15)6-8)17-13(20)16-9-3-1-7(5-9)12(18)19/h2,4,6-7,9H,1,3,5H2,(H,18,19)(H2,16,17,20). The van der Waals surface area contributed by atoms with Crippen molar-refractivity contribution in [2.24, 2.45) is 5.92 Å². The van der Waals surface area contributed by atoms with Crippen LogP contribution in [0, 0.1) is 11.7 Å². The van der Waals surface area contributed by atoms with Crippen LogP contribution in [0.15, 0.2) is 22.7 Å². The molecule has 1 fully saturated rings. The minimum Gasteiger partial charge on any atom is -0.481 e. The summed E-state index contributed by atoms with van der Waals surface area (Å²) in [6, 6.07) is 3.62. The van der Waals surface area contributed by atoms with E-state index in [0.717, 1.165) is 0 Å². The Morgan fingerprint density at radius 2 is 2.10 bits per heavy atom. The number of urea groups is 1. The van der Waals surface area contributed by atoms with Gasteiger partial charge in [-0.1, -0.05) is 15.9 Å². The van der Waals surface area contributed by atoms with Crippen LogP contribution >= 0.6 is 15.9 Å². The summed E-state index contributed by atoms with van der Waals surface area (Å²) in [4.78, 5) is 22.6. The summed E-state index contributed by atoms with van der Waals surface area (Å²) in [5, 5.41) is 14.0. The van der Waals surface area contributed by atoms with Crippen LogP contribution in [0.1, 0.15) is 19.3 Å². The van der Waals surface area contributed by atoms with Gasteiger partial charge in [0.05, 0.1) is 11.6 Å². The molecule has 2 amide bonds. The van der Waals surface area contributed by atoms with Crippen LogP contribution in [0.2, 0.25) is 0 Å². The van der Waals surface area contributed by atoms with E-state index in [-0.39, 0.29) is 11.7 Å². The lowest BCUT2D eigenvalue weighted by Crippen LogP contribution is -2.36. The van der Waals surface area contributed by atoms with E-state index in [0.29, 0.717) is 23.7 Å². The number of hydrogen-bond acceptors (Lipinski definition) is 2. The zero-order valence-electron chi connectivity index (χ0n) is 10.5. The van der Waals surface area contributed by atoms with Crippen molar-refractivity contribution in [1.82, 2.24) is 5.32 Å². The van der Waals surface area contributed by atoms with Gasteiger partial charge in [-0.2, -0.15) is 0 Å². The maximum Gasteiger partial charge on any atom is 0.319 e. The predicted molar refractivity (Wildman–Crippen MR) is 75.0 cm³/mol. The largest absolute Gasteiger partial charge is 0.481 e. The second kappa shape index (κ2) is 6.21. The molecule has 20 heavy (non-hydrogen) atoms. The zero-order chi connectivity index (χ0) is 14.7. The van der Waals surface area contributed by atoms with Gasteiger partial charge < -0.3 is 15.7 Å². The minimum atomic E-state index is -0.839. The average molecular weight is 345 g/mol. The van der Waals surface area contributed by atoms with Crippen LogP contribution in [0.5, 0.6) is 0 Å². The van der Waals surface area contributed by atoms with E-state index < -0.39 is 23.7 Å². The molecule has 0 bridgehead atoms. The number of benzene rings is 1. The average Bonchev–Trinajstić information content (AvgIpc) is 2.81. The van der Waals surface area contributed by atoms with Gasteiger partial charge in [0.15, 0.2) is 0 Å². The molecule has 3 N–H and O–H groups in total. The number of carboxylic acids is 1. The fourth-order valence-electron chi connectivity index (χ4n) is 2.27. The zero-order valence-corrected chi connectivity index (χ0v) is 12.1. The molecular formula is C13H14BrFN2O3. The lowest BCUT2D eigenvalue weighted by Gasteiger charge is -2.13. The highest BCUT2D eigenvalue weighted by Gasteiger charge is 2.30. The molecule has 1 saturated carbocycles. The second-order valence-corrected chi connectivity index (χ2v) is 5.68. The summed E-state index contributed by atoms with van der Waals surface area (Å²) in [7, 11) is 0. The Kier molecular flexibility index (Phi) is 4.59. The molecule has 2 atom stereocenters. The first-order valence-corrected chi connectivity index (χ1v) is 7.00. The topological polar surface area (TPSA) is 78.4 Å². The van der Waals surface area contributed by atoms with Crippen molar-refractivity contribution in [3.8, 4) is 0 Å². The Labute approximate surface area is 123 Å². The minimum absolute atomic E-state index is 0.0819. The second-order valence-electron chi connectivity index (χ2n) is 4.77. The number of aliphatic carboxylic acids is 1. The van der Waals surface area contributed by atoms with Gasteiger partial charge in [0.2, 0.25) is 0 Å². The highest BCUT2D eigenvalue weighted by Crippen LogP contribution is 2.26. The van der Waals surface area contributed by atoms with Crippen molar-refractivity contribution in [1.29, 1.82) is 0 Å². The van der Waals surface area contributed by atoms with E-state index in [1.165, 1.54) is 12.1 Å². The molecular weight excluding hydrogens is 331 g/mol. The highest BCUT2D eigenvalue weighted by molar-refractivity contribution is 9.10. The Bertz CT molecular complexity index is 538. The fraction of sp³-hybridized carbons (Fsp3) is 0.385. The van der Waals surface area contributed by atoms with E-state index in [4.69, 9.17) is 5.11 Å². The van der Waals surface area contributed by atoms with Crippen LogP contribution in [0.25, 0.3) is 0 Å². The molecule has 1 aromatic carbocycles. The van der Waals surface area contributed by atoms with E-state index in [1.807, 2.05) is 0 Å². The number of anilines is 1. The smallest absolute Gasteiger partial charge is 0.319 e. The quantitative estimate of drug-likeness (QED) is 0.788. The molecule has 1 aromatic rings. The molecule has 5 nitrogen and oxygen atoms in total. The van der Waals surface area contributed by atoms with E-state index in [9.17, 15) is 14.0 Å². The van der Waals surface area contributed by atoms with Crippen LogP contribution in [0.3, 0.4) is 0 Å². The van der Waals surface area contributed by atoms with Crippen molar-refractivity contribution >= 4 is 33.6 Å². The number of carbonyl (C=O) groups excluding carboxylic acids is 1. The number of amides is 2. The summed E-state index contributed by atoms with van der Waals surface area (Å²) < 4.78 is 14.1. The maximum absolute atomic E-state index is 13.5. The fourth-order valence-corrected chi connectivity index (χ4v) is 2.60. The van der Waals surface area contributed by atoms with Crippen molar-refractivity contribution in [2.45, 2.75) is 25.3 Å². The molecule has 0 saturated heterocycles. The maximum atomic E-state index is 13.5. The molecule has 0 heterocycles. The molecule has 0 spiro atoms. The van der Waals surface area contributed by atoms with E-state index >= 15 is 0 Å². The molecule has 7 heteroatoms. The molecule has 1 aliphatic rings. The van der Waals surface area contributed by atoms with Crippen LogP contribution in [-0.2, 0) is 4.79 Å². The van der Waals surface area contributed by atoms with E-state index in [1.54, 1.807) is 6.07 Å². The summed E-state index contributed by atoms with van der Waals surface area (Å²) in [5.74, 6) is -1.79. The Hall–Kier alpha value is -1.63. The van der Waals surface area contributed by atoms with Crippen LogP contribution < -0.4 is 10.6 Å². The Balaban J connectivity index is 1.88. The third-order valence-corrected chi connectivity index (χ3v) is 3.79. The summed E-state index contributed by atoms with van der Waals surface area (Å²) in [5.41, 5.74) is 0.0819. The number of rotatable bonds is 3. The number of hydrogen-bond donors (Lipinski definition) is 3. The number of carbonyl (C=O) groups is 2. The van der Waals surface area contributed by atoms with E-state index in [2.05, 4.69) is 26.6 Å². The van der Waals surface area contributed by atoms with Gasteiger partial charge in [0.1, 0.15) is 5.82 Å². The SMILES string of the molecule is O=C(Nc1ccc(Br)cc1F)NC1CCC(C(=O)O)C1. The molecule has 0 radical (unpaired) electrons. The molecule has 1 aliphatic carbocycles. The first-order valence-electron chi connectivity index (χ1n) is 6.21. The highest BCUT2D eigenvalue weighted by atomic mass is 79.9. The normalized spacial score (nSPS) is 21.5. The molecule has 108 valence electrons. The first-order chi connectivity index (χ1) is 9.45. The lowest BCUT2D eigenvalue weighted by molar-refractivity contribution is -0.141. The Morgan fingerprint density at radius 1 is 1.35 bits per heavy atom. The summed E-state index contributed by atoms with van der Waals surface area (Å²) in [6.07, 6.45) is 1.58. The third-order valence-electron chi connectivity index (χ3n) is 3.30. The monoisotopic (exact) mass is 344 g/mol. The third kappa shape index (κ3) is 3.69. The molecule has 2 unspecified atom stereocenters. The summed E-state index contributed by atoms with van der Waals surface area (Å²) in [6.45, 7) is 0. The number of nitrogens with one attached hydrogen (secondary N) is 2. The van der Waals surface area contributed by atoms with Gasteiger partial charge in [-0.05, 0) is 37.5 Å². The van der Waals surface area contributed by atoms with Crippen molar-refractivity contribution in [3.63, 3.8) is 0 Å². The van der Waals surface area contributed by atoms with Crippen molar-refractivity contribution in [3.05, 3.63) is 28.5 Å². The van der Waals surface area contributed by atoms with Crippen molar-refractivity contribution in [2.75, 3.05) is 5.32 Å². The van der Waals surface area contributed by atoms with Crippen LogP contribution in [-0.4, -0.2) is 23.1 Å². The van der Waals surface area contributed by atoms with Crippen LogP contribution in [0.4, 0.5) is 14.9 Å². The molecule has 0 aromatic heterocycles. The number of carboxylic acid groups (broad SMARTS) is 1. The predicted octanol–water partition coefficient (Wildman–Crippen LogP) is 2.96. The van der Waals surface area contributed by atoms with Gasteiger partial charge in [-0.25, -0.2) is 9.18 Å². The first kappa shape index (κ1) is 14.8. The number of halogens is 2. The van der Waals surface area contributed by atoms with Gasteiger partial charge in [0, 0.05) is 10.5 Å². The van der Waals surface area contributed by atoms with Gasteiger partial charge in [-0.15, -0.1) is 0 Å². The lowest BCUT2D eigenvalue weighted by atomic mass is 10.1. The molecule has 2 rings (SSSR count). The van der Waals surface area contributed by atoms with Gasteiger partial charge in [-0.3, -0.25) is 4.79 Å². The van der Waals surface area contributed by atoms with Gasteiger partial charge >= 0.3 is 12.0 Å². The van der Waals surface area contributed by atoms with Gasteiger partial charge in [0.25, 0.3) is 0 Å². The van der Waals surface area contributed by atoms with Crippen molar-refractivity contribution < 1.29 is 19.1 Å². The summed E-state index contributed by atoms with van der Waals surface area (Å²) >= 11 is 3.13. The Morgan fingerprint density at radius 3 is 2.70 bits per heavy atom.